The van der Waals surface area contributed by atoms with E-state index in [4.69, 9.17) is 0 Å². The average molecular weight is 894 g/mol. The Balaban J connectivity index is 1.30. The summed E-state index contributed by atoms with van der Waals surface area (Å²) < 4.78 is 5.30. The Hall–Kier alpha value is -5.78. The van der Waals surface area contributed by atoms with Crippen LogP contribution in [0.3, 0.4) is 0 Å². The van der Waals surface area contributed by atoms with Crippen LogP contribution in [0.4, 0.5) is 34.1 Å². The Morgan fingerprint density at radius 3 is 1.61 bits per heavy atom. The van der Waals surface area contributed by atoms with E-state index >= 15 is 0 Å². The van der Waals surface area contributed by atoms with Crippen molar-refractivity contribution in [2.24, 2.45) is 0 Å². The molecule has 2 aromatic heterocycles. The van der Waals surface area contributed by atoms with Gasteiger partial charge in [0, 0.05) is 48.0 Å². The topological polar surface area (TPSA) is 11.4 Å². The Labute approximate surface area is 402 Å². The van der Waals surface area contributed by atoms with Gasteiger partial charge in [-0.15, -0.1) is 11.3 Å². The lowest BCUT2D eigenvalue weighted by Gasteiger charge is -2.47. The van der Waals surface area contributed by atoms with Crippen molar-refractivity contribution in [3.63, 3.8) is 0 Å². The molecule has 7 aromatic carbocycles. The maximum atomic E-state index is 2.74. The third kappa shape index (κ3) is 6.08. The standard InChI is InChI=1S/C62H64BN3S/c1-58(2,3)35-23-25-45-41(27-35)42-28-37(60(7,8)9)33-50-56(42)65(45)51-34-38(61(10,11)12)30-44-57(51)66(50)49-32-39(62(13,14)15)31-48-55(49)63(44)43-29-36(59(4,5)6)24-26-46(43)64(48)47-20-18-22-53-54(47)40-19-16-17-21-52(40)67-53/h16-34H,1-15H3. The van der Waals surface area contributed by atoms with Crippen molar-refractivity contribution in [1.29, 1.82) is 0 Å². The minimum absolute atomic E-state index is 0.00421. The van der Waals surface area contributed by atoms with Crippen LogP contribution in [0.2, 0.25) is 0 Å². The number of rotatable bonds is 1. The minimum Gasteiger partial charge on any atom is -0.311 e. The number of hydrogen-bond acceptors (Lipinski definition) is 3. The molecule has 0 saturated heterocycles. The van der Waals surface area contributed by atoms with E-state index in [1.165, 1.54) is 126 Å². The highest BCUT2D eigenvalue weighted by molar-refractivity contribution is 7.26. The van der Waals surface area contributed by atoms with Crippen LogP contribution in [-0.4, -0.2) is 11.3 Å². The first kappa shape index (κ1) is 42.6. The molecule has 0 N–H and O–H groups in total. The Bertz CT molecular complexity index is 3620. The molecule has 0 amide bonds. The second-order valence-corrected chi connectivity index (χ2v) is 26.3. The largest absolute Gasteiger partial charge is 0.311 e. The third-order valence-electron chi connectivity index (χ3n) is 15.4. The minimum atomic E-state index is -0.125. The highest BCUT2D eigenvalue weighted by atomic mass is 32.1. The third-order valence-corrected chi connectivity index (χ3v) is 16.6. The summed E-state index contributed by atoms with van der Waals surface area (Å²) in [7, 11) is 0. The first-order valence-electron chi connectivity index (χ1n) is 24.5. The molecule has 0 aliphatic carbocycles. The van der Waals surface area contributed by atoms with E-state index < -0.39 is 0 Å². The number of fused-ring (bicyclic) bond motifs is 12. The molecule has 3 nitrogen and oxygen atoms in total. The Morgan fingerprint density at radius 1 is 0.388 bits per heavy atom. The van der Waals surface area contributed by atoms with Crippen molar-refractivity contribution in [3.05, 3.63) is 143 Å². The highest BCUT2D eigenvalue weighted by Crippen LogP contribution is 2.56. The molecule has 3 aliphatic rings. The molecular formula is C62H64BN3S. The molecule has 0 bridgehead atoms. The van der Waals surface area contributed by atoms with Crippen molar-refractivity contribution in [2.45, 2.75) is 131 Å². The van der Waals surface area contributed by atoms with Crippen molar-refractivity contribution < 1.29 is 0 Å². The van der Waals surface area contributed by atoms with E-state index in [9.17, 15) is 0 Å². The van der Waals surface area contributed by atoms with Crippen molar-refractivity contribution in [2.75, 3.05) is 9.80 Å². The second kappa shape index (κ2) is 13.5. The van der Waals surface area contributed by atoms with Gasteiger partial charge in [-0.2, -0.15) is 0 Å². The first-order chi connectivity index (χ1) is 31.4. The summed E-state index contributed by atoms with van der Waals surface area (Å²) in [5, 5.41) is 5.31. The van der Waals surface area contributed by atoms with Gasteiger partial charge in [0.1, 0.15) is 0 Å². The van der Waals surface area contributed by atoms with Gasteiger partial charge in [-0.3, -0.25) is 0 Å². The number of anilines is 6. The number of benzene rings is 7. The second-order valence-electron chi connectivity index (χ2n) is 25.2. The zero-order chi connectivity index (χ0) is 47.2. The number of aromatic nitrogens is 1. The SMILES string of the molecule is CC(C)(C)c1ccc2c(c1)B1c3cc(C(C)(C)C)cc4c3N(c3cc(C(C)(C)C)cc(c31)N2c1cccc2sc3ccccc3c12)c1cc(C(C)(C)C)cc2c3cc(C(C)(C)C)ccc3n-4c12. The van der Waals surface area contributed by atoms with Crippen molar-refractivity contribution >= 4 is 111 Å². The molecule has 0 saturated carbocycles. The zero-order valence-electron chi connectivity index (χ0n) is 42.3. The molecule has 5 heteroatoms. The van der Waals surface area contributed by atoms with Gasteiger partial charge < -0.3 is 14.4 Å². The van der Waals surface area contributed by atoms with E-state index in [1.54, 1.807) is 0 Å². The van der Waals surface area contributed by atoms with Crippen LogP contribution in [0.15, 0.2) is 115 Å². The van der Waals surface area contributed by atoms with Crippen LogP contribution in [0.5, 0.6) is 0 Å². The smallest absolute Gasteiger partial charge is 0.252 e. The lowest BCUT2D eigenvalue weighted by atomic mass is 9.33. The first-order valence-corrected chi connectivity index (χ1v) is 25.4. The molecule has 12 rings (SSSR count). The van der Waals surface area contributed by atoms with Crippen LogP contribution >= 0.6 is 11.3 Å². The van der Waals surface area contributed by atoms with Crippen LogP contribution < -0.4 is 26.2 Å². The maximum absolute atomic E-state index is 2.74. The molecular weight excluding hydrogens is 830 g/mol. The predicted molar refractivity (Wildman–Crippen MR) is 295 cm³/mol. The van der Waals surface area contributed by atoms with Gasteiger partial charge in [0.15, 0.2) is 0 Å². The fraction of sp³-hybridized carbons (Fsp3) is 0.323. The van der Waals surface area contributed by atoms with Gasteiger partial charge in [-0.05, 0) is 138 Å². The molecule has 0 atom stereocenters. The summed E-state index contributed by atoms with van der Waals surface area (Å²) in [5.41, 5.74) is 22.1. The van der Waals surface area contributed by atoms with E-state index in [0.717, 1.165) is 0 Å². The molecule has 67 heavy (non-hydrogen) atoms. The molecule has 3 aliphatic heterocycles. The molecule has 0 radical (unpaired) electrons. The van der Waals surface area contributed by atoms with E-state index in [-0.39, 0.29) is 33.8 Å². The van der Waals surface area contributed by atoms with Gasteiger partial charge >= 0.3 is 0 Å². The normalized spacial score (nSPS) is 14.7. The lowest BCUT2D eigenvalue weighted by Crippen LogP contribution is -2.62. The highest BCUT2D eigenvalue weighted by Gasteiger charge is 2.48. The summed E-state index contributed by atoms with van der Waals surface area (Å²) in [5.74, 6) is 0. The quantitative estimate of drug-likeness (QED) is 0.152. The summed E-state index contributed by atoms with van der Waals surface area (Å²) in [6.07, 6.45) is 0. The van der Waals surface area contributed by atoms with Gasteiger partial charge in [0.2, 0.25) is 0 Å². The maximum Gasteiger partial charge on any atom is 0.252 e. The van der Waals surface area contributed by atoms with E-state index in [1.807, 2.05) is 11.3 Å². The number of hydrogen-bond donors (Lipinski definition) is 0. The lowest BCUT2D eigenvalue weighted by molar-refractivity contribution is 0.589. The molecule has 9 aromatic rings. The van der Waals surface area contributed by atoms with Crippen LogP contribution in [0.25, 0.3) is 47.7 Å². The number of thiophene rings is 1. The molecule has 0 fully saturated rings. The zero-order valence-corrected chi connectivity index (χ0v) is 43.1. The summed E-state index contributed by atoms with van der Waals surface area (Å²) in [4.78, 5) is 5.41. The van der Waals surface area contributed by atoms with Gasteiger partial charge in [0.05, 0.1) is 33.8 Å². The fourth-order valence-corrected chi connectivity index (χ4v) is 12.6. The molecule has 0 unspecified atom stereocenters. The van der Waals surface area contributed by atoms with Gasteiger partial charge in [-0.25, -0.2) is 0 Å². The molecule has 0 spiro atoms. The van der Waals surface area contributed by atoms with Gasteiger partial charge in [0.25, 0.3) is 6.71 Å². The Morgan fingerprint density at radius 2 is 0.925 bits per heavy atom. The van der Waals surface area contributed by atoms with Crippen molar-refractivity contribution in [1.82, 2.24) is 4.57 Å². The summed E-state index contributed by atoms with van der Waals surface area (Å²) in [6, 6.07) is 46.1. The Kier molecular flexibility index (Phi) is 8.56. The van der Waals surface area contributed by atoms with Gasteiger partial charge in [-0.1, -0.05) is 152 Å². The number of nitrogens with zero attached hydrogens (tertiary/aromatic N) is 3. The van der Waals surface area contributed by atoms with Crippen molar-refractivity contribution in [3.8, 4) is 5.69 Å². The predicted octanol–water partition coefficient (Wildman–Crippen LogP) is 16.0. The fourth-order valence-electron chi connectivity index (χ4n) is 11.5. The van der Waals surface area contributed by atoms with Crippen LogP contribution in [-0.2, 0) is 27.1 Å². The van der Waals surface area contributed by atoms with E-state index in [0.29, 0.717) is 0 Å². The summed E-state index contributed by atoms with van der Waals surface area (Å²) in [6.45, 7) is 35.6. The molecule has 336 valence electrons. The summed E-state index contributed by atoms with van der Waals surface area (Å²) >= 11 is 1.90. The van der Waals surface area contributed by atoms with Crippen LogP contribution in [0.1, 0.15) is 132 Å². The van der Waals surface area contributed by atoms with Crippen LogP contribution in [0, 0.1) is 0 Å². The molecule has 5 heterocycles. The monoisotopic (exact) mass is 893 g/mol. The van der Waals surface area contributed by atoms with E-state index in [2.05, 4.69) is 233 Å². The average Bonchev–Trinajstić information content (AvgIpc) is 3.80.